The zero-order valence-electron chi connectivity index (χ0n) is 18.3. The van der Waals surface area contributed by atoms with Gasteiger partial charge in [-0.2, -0.15) is 0 Å². The van der Waals surface area contributed by atoms with Crippen molar-refractivity contribution in [2.24, 2.45) is 0 Å². The Labute approximate surface area is 201 Å². The minimum absolute atomic E-state index is 0.153. The predicted molar refractivity (Wildman–Crippen MR) is 132 cm³/mol. The summed E-state index contributed by atoms with van der Waals surface area (Å²) >= 11 is 1.85. The Bertz CT molecular complexity index is 1410. The van der Waals surface area contributed by atoms with Crippen LogP contribution in [0.3, 0.4) is 0 Å². The molecule has 0 bridgehead atoms. The molecule has 0 aliphatic carbocycles. The largest absolute Gasteiger partial charge is 0.508 e. The molecule has 2 N–H and O–H groups in total. The number of hydrogen-bond acceptors (Lipinski definition) is 5. The zero-order valence-corrected chi connectivity index (χ0v) is 19.1. The smallest absolute Gasteiger partial charge is 0.338 e. The van der Waals surface area contributed by atoms with Crippen molar-refractivity contribution >= 4 is 34.5 Å². The third-order valence-electron chi connectivity index (χ3n) is 5.99. The summed E-state index contributed by atoms with van der Waals surface area (Å²) in [5.41, 5.74) is 4.53. The van der Waals surface area contributed by atoms with Crippen LogP contribution in [0.2, 0.25) is 0 Å². The number of carbonyl (C=O) groups excluding carboxylic acids is 1. The number of carboxylic acid groups (broad SMARTS) is 1. The Morgan fingerprint density at radius 1 is 0.853 bits per heavy atom. The van der Waals surface area contributed by atoms with Gasteiger partial charge >= 0.3 is 11.9 Å². The van der Waals surface area contributed by atoms with Crippen LogP contribution in [0.4, 0.5) is 0 Å². The van der Waals surface area contributed by atoms with Crippen molar-refractivity contribution in [3.8, 4) is 5.75 Å². The molecule has 6 heteroatoms. The number of carbonyl (C=O) groups is 2. The summed E-state index contributed by atoms with van der Waals surface area (Å²) in [7, 11) is 0. The Morgan fingerprint density at radius 2 is 1.62 bits per heavy atom. The van der Waals surface area contributed by atoms with Crippen LogP contribution in [0.15, 0.2) is 77.7 Å². The average Bonchev–Trinajstić information content (AvgIpc) is 3.31. The molecule has 5 rings (SSSR count). The minimum atomic E-state index is -0.977. The normalized spacial score (nSPS) is 12.5. The number of rotatable bonds is 6. The lowest BCUT2D eigenvalue weighted by molar-refractivity contribution is 0.0472. The number of aromatic carboxylic acids is 1. The van der Waals surface area contributed by atoms with E-state index in [0.717, 1.165) is 34.1 Å². The maximum Gasteiger partial charge on any atom is 0.338 e. The number of carboxylic acids is 1. The molecule has 0 atom stereocenters. The van der Waals surface area contributed by atoms with E-state index in [9.17, 15) is 14.7 Å². The molecule has 0 aromatic heterocycles. The highest BCUT2D eigenvalue weighted by Crippen LogP contribution is 2.32. The molecule has 4 aromatic carbocycles. The summed E-state index contributed by atoms with van der Waals surface area (Å²) in [6.07, 6.45) is 1.48. The van der Waals surface area contributed by atoms with Gasteiger partial charge in [0.2, 0.25) is 0 Å². The van der Waals surface area contributed by atoms with Crippen LogP contribution in [-0.2, 0) is 24.2 Å². The highest BCUT2D eigenvalue weighted by Gasteiger charge is 2.14. The van der Waals surface area contributed by atoms with Gasteiger partial charge in [-0.15, -0.1) is 11.8 Å². The topological polar surface area (TPSA) is 83.8 Å². The molecule has 0 saturated carbocycles. The lowest BCUT2D eigenvalue weighted by atomic mass is 9.98. The Balaban J connectivity index is 1.33. The van der Waals surface area contributed by atoms with Gasteiger partial charge in [0, 0.05) is 17.1 Å². The fourth-order valence-electron chi connectivity index (χ4n) is 4.15. The van der Waals surface area contributed by atoms with Gasteiger partial charge in [0.1, 0.15) is 12.4 Å². The number of benzene rings is 4. The van der Waals surface area contributed by atoms with Crippen LogP contribution in [0.1, 0.15) is 43.0 Å². The third-order valence-corrected chi connectivity index (χ3v) is 7.11. The van der Waals surface area contributed by atoms with Gasteiger partial charge in [-0.25, -0.2) is 9.59 Å². The van der Waals surface area contributed by atoms with Gasteiger partial charge in [-0.3, -0.25) is 0 Å². The Morgan fingerprint density at radius 3 is 2.41 bits per heavy atom. The standard InChI is InChI=1S/C28H22O5S/c29-25-15-20-6-7-22(28(32)33-16-18-3-8-26-21(12-18)9-10-34-26)13-23(20)14-24(25)11-17-1-4-19(5-2-17)27(30)31/h1-8,12-15,29H,9-11,16H2,(H,30,31). The minimum Gasteiger partial charge on any atom is -0.508 e. The summed E-state index contributed by atoms with van der Waals surface area (Å²) in [4.78, 5) is 25.1. The third kappa shape index (κ3) is 4.63. The molecule has 5 nitrogen and oxygen atoms in total. The first-order valence-electron chi connectivity index (χ1n) is 11.0. The van der Waals surface area contributed by atoms with E-state index in [4.69, 9.17) is 9.84 Å². The fourth-order valence-corrected chi connectivity index (χ4v) is 5.20. The summed E-state index contributed by atoms with van der Waals surface area (Å²) < 4.78 is 5.56. The average molecular weight is 471 g/mol. The van der Waals surface area contributed by atoms with Crippen LogP contribution in [0.5, 0.6) is 5.75 Å². The summed E-state index contributed by atoms with van der Waals surface area (Å²) in [6.45, 7) is 0.224. The molecule has 0 spiro atoms. The van der Waals surface area contributed by atoms with Crippen LogP contribution < -0.4 is 0 Å². The molecule has 34 heavy (non-hydrogen) atoms. The van der Waals surface area contributed by atoms with Crippen molar-refractivity contribution < 1.29 is 24.5 Å². The van der Waals surface area contributed by atoms with Crippen LogP contribution >= 0.6 is 11.8 Å². The van der Waals surface area contributed by atoms with Crippen molar-refractivity contribution in [1.82, 2.24) is 0 Å². The molecule has 170 valence electrons. The van der Waals surface area contributed by atoms with Gasteiger partial charge in [-0.05, 0) is 81.9 Å². The van der Waals surface area contributed by atoms with Crippen molar-refractivity contribution in [1.29, 1.82) is 0 Å². The maximum atomic E-state index is 12.7. The fraction of sp³-hybridized carbons (Fsp3) is 0.143. The molecule has 4 aromatic rings. The first kappa shape index (κ1) is 22.0. The number of fused-ring (bicyclic) bond motifs is 2. The molecule has 1 heterocycles. The monoisotopic (exact) mass is 470 g/mol. The lowest BCUT2D eigenvalue weighted by Crippen LogP contribution is -2.05. The van der Waals surface area contributed by atoms with Crippen LogP contribution in [-0.4, -0.2) is 27.9 Å². The van der Waals surface area contributed by atoms with Crippen molar-refractivity contribution in [2.45, 2.75) is 24.3 Å². The molecular formula is C28H22O5S. The molecule has 0 amide bonds. The van der Waals surface area contributed by atoms with E-state index in [1.54, 1.807) is 48.5 Å². The van der Waals surface area contributed by atoms with Crippen molar-refractivity contribution in [3.63, 3.8) is 0 Å². The van der Waals surface area contributed by atoms with Gasteiger partial charge in [0.25, 0.3) is 0 Å². The SMILES string of the molecule is O=C(O)c1ccc(Cc2cc3cc(C(=O)OCc4ccc5c(c4)CCS5)ccc3cc2O)cc1. The highest BCUT2D eigenvalue weighted by atomic mass is 32.2. The van der Waals surface area contributed by atoms with Crippen LogP contribution in [0.25, 0.3) is 10.8 Å². The maximum absolute atomic E-state index is 12.7. The van der Waals surface area contributed by atoms with Gasteiger partial charge in [-0.1, -0.05) is 30.3 Å². The highest BCUT2D eigenvalue weighted by molar-refractivity contribution is 7.99. The van der Waals surface area contributed by atoms with E-state index in [0.29, 0.717) is 17.5 Å². The summed E-state index contributed by atoms with van der Waals surface area (Å²) in [5.74, 6) is -0.119. The summed E-state index contributed by atoms with van der Waals surface area (Å²) in [6, 6.07) is 21.6. The predicted octanol–water partition coefficient (Wildman–Crippen LogP) is 5.84. The molecule has 0 radical (unpaired) electrons. The van der Waals surface area contributed by atoms with Crippen LogP contribution in [0, 0.1) is 0 Å². The second-order valence-electron chi connectivity index (χ2n) is 8.34. The number of ether oxygens (including phenoxy) is 1. The van der Waals surface area contributed by atoms with Gasteiger partial charge in [0.05, 0.1) is 11.1 Å². The summed E-state index contributed by atoms with van der Waals surface area (Å²) in [5, 5.41) is 21.2. The number of phenols is 1. The van der Waals surface area contributed by atoms with E-state index < -0.39 is 11.9 Å². The van der Waals surface area contributed by atoms with E-state index in [1.807, 2.05) is 23.9 Å². The van der Waals surface area contributed by atoms with E-state index in [1.165, 1.54) is 10.5 Å². The zero-order chi connectivity index (χ0) is 23.7. The first-order chi connectivity index (χ1) is 16.5. The van der Waals surface area contributed by atoms with Crippen molar-refractivity contribution in [2.75, 3.05) is 5.75 Å². The number of aromatic hydroxyl groups is 1. The Kier molecular flexibility index (Phi) is 5.99. The number of hydrogen-bond donors (Lipinski definition) is 2. The second kappa shape index (κ2) is 9.23. The molecule has 1 aliphatic rings. The Hall–Kier alpha value is -3.77. The number of thioether (sulfide) groups is 1. The number of esters is 1. The quantitative estimate of drug-likeness (QED) is 0.345. The second-order valence-corrected chi connectivity index (χ2v) is 9.48. The van der Waals surface area contributed by atoms with E-state index in [2.05, 4.69) is 12.1 Å². The van der Waals surface area contributed by atoms with Crippen molar-refractivity contribution in [3.05, 3.63) is 106 Å². The van der Waals surface area contributed by atoms with E-state index in [-0.39, 0.29) is 17.9 Å². The lowest BCUT2D eigenvalue weighted by Gasteiger charge is -2.10. The molecule has 0 unspecified atom stereocenters. The molecule has 0 fully saturated rings. The molecule has 0 saturated heterocycles. The van der Waals surface area contributed by atoms with Gasteiger partial charge in [0.15, 0.2) is 0 Å². The number of phenolic OH excluding ortho intramolecular Hbond substituents is 1. The molecular weight excluding hydrogens is 448 g/mol. The number of aryl methyl sites for hydroxylation is 1. The first-order valence-corrected chi connectivity index (χ1v) is 11.9. The molecule has 1 aliphatic heterocycles. The van der Waals surface area contributed by atoms with Gasteiger partial charge < -0.3 is 14.9 Å². The van der Waals surface area contributed by atoms with E-state index >= 15 is 0 Å².